The largest absolute Gasteiger partial charge is 0.309 e. The minimum absolute atomic E-state index is 0.151. The van der Waals surface area contributed by atoms with Gasteiger partial charge >= 0.3 is 0 Å². The van der Waals surface area contributed by atoms with Gasteiger partial charge in [0.2, 0.25) is 0 Å². The normalized spacial score (nSPS) is 12.5. The van der Waals surface area contributed by atoms with Gasteiger partial charge < -0.3 is 5.32 Å². The second kappa shape index (κ2) is 5.80. The monoisotopic (exact) mass is 300 g/mol. The predicted octanol–water partition coefficient (Wildman–Crippen LogP) is 4.34. The average Bonchev–Trinajstić information content (AvgIpc) is 2.52. The molecule has 1 N–H and O–H groups in total. The number of benzene rings is 2. The average molecular weight is 301 g/mol. The van der Waals surface area contributed by atoms with Gasteiger partial charge in [-0.2, -0.15) is 0 Å². The number of nitrogens with zero attached hydrogens (tertiary/aromatic N) is 1. The van der Waals surface area contributed by atoms with Gasteiger partial charge in [0.25, 0.3) is 0 Å². The Morgan fingerprint density at radius 3 is 2.67 bits per heavy atom. The van der Waals surface area contributed by atoms with Crippen molar-refractivity contribution in [1.29, 1.82) is 0 Å². The smallest absolute Gasteiger partial charge is 0.142 e. The Labute approximate surface area is 127 Å². The summed E-state index contributed by atoms with van der Waals surface area (Å²) in [6.07, 6.45) is 3.58. The summed E-state index contributed by atoms with van der Waals surface area (Å²) in [5, 5.41) is 5.49. The van der Waals surface area contributed by atoms with Crippen LogP contribution in [-0.2, 0) is 0 Å². The van der Waals surface area contributed by atoms with Crippen LogP contribution in [0.3, 0.4) is 0 Å². The molecule has 3 aromatic rings. The molecule has 0 spiro atoms. The lowest BCUT2D eigenvalue weighted by Crippen LogP contribution is -2.18. The van der Waals surface area contributed by atoms with Crippen molar-refractivity contribution < 1.29 is 4.39 Å². The third-order valence-corrected chi connectivity index (χ3v) is 4.01. The zero-order valence-electron chi connectivity index (χ0n) is 11.5. The number of aromatic nitrogens is 1. The van der Waals surface area contributed by atoms with Crippen LogP contribution in [0.2, 0.25) is 5.02 Å². The lowest BCUT2D eigenvalue weighted by Gasteiger charge is -2.20. The highest BCUT2D eigenvalue weighted by molar-refractivity contribution is 6.31. The van der Waals surface area contributed by atoms with E-state index in [-0.39, 0.29) is 11.1 Å². The third kappa shape index (κ3) is 2.50. The minimum Gasteiger partial charge on any atom is -0.309 e. The summed E-state index contributed by atoms with van der Waals surface area (Å²) >= 11 is 6.14. The van der Waals surface area contributed by atoms with E-state index in [2.05, 4.69) is 10.3 Å². The molecule has 0 aliphatic heterocycles. The van der Waals surface area contributed by atoms with Gasteiger partial charge in [-0.05, 0) is 35.7 Å². The fourth-order valence-corrected chi connectivity index (χ4v) is 2.85. The van der Waals surface area contributed by atoms with Gasteiger partial charge in [-0.3, -0.25) is 4.98 Å². The van der Waals surface area contributed by atoms with E-state index in [0.29, 0.717) is 0 Å². The van der Waals surface area contributed by atoms with Crippen molar-refractivity contribution in [2.24, 2.45) is 0 Å². The van der Waals surface area contributed by atoms with Gasteiger partial charge in [-0.25, -0.2) is 4.39 Å². The van der Waals surface area contributed by atoms with Crippen LogP contribution in [0.15, 0.2) is 54.9 Å². The van der Waals surface area contributed by atoms with Crippen LogP contribution in [-0.4, -0.2) is 12.0 Å². The molecule has 0 aliphatic rings. The molecule has 0 aliphatic carbocycles. The molecule has 1 heterocycles. The molecule has 4 heteroatoms. The van der Waals surface area contributed by atoms with Gasteiger partial charge in [0, 0.05) is 17.8 Å². The Kier molecular flexibility index (Phi) is 3.86. The van der Waals surface area contributed by atoms with Crippen LogP contribution in [0.5, 0.6) is 0 Å². The maximum atomic E-state index is 13.7. The number of rotatable bonds is 3. The molecule has 0 amide bonds. The van der Waals surface area contributed by atoms with Crippen molar-refractivity contribution in [3.05, 3.63) is 76.8 Å². The minimum atomic E-state index is -0.409. The molecule has 0 bridgehead atoms. The van der Waals surface area contributed by atoms with E-state index < -0.39 is 5.82 Å². The molecule has 2 aromatic carbocycles. The Balaban J connectivity index is 2.21. The molecule has 1 atom stereocenters. The number of halogens is 2. The number of hydrogen-bond acceptors (Lipinski definition) is 2. The predicted molar refractivity (Wildman–Crippen MR) is 84.1 cm³/mol. The van der Waals surface area contributed by atoms with Crippen LogP contribution in [0.25, 0.3) is 10.8 Å². The van der Waals surface area contributed by atoms with Crippen molar-refractivity contribution in [3.8, 4) is 0 Å². The number of hydrogen-bond donors (Lipinski definition) is 1. The van der Waals surface area contributed by atoms with Crippen LogP contribution < -0.4 is 5.32 Å². The highest BCUT2D eigenvalue weighted by Crippen LogP contribution is 2.33. The molecule has 1 unspecified atom stereocenters. The molecule has 3 rings (SSSR count). The van der Waals surface area contributed by atoms with Gasteiger partial charge in [-0.15, -0.1) is 0 Å². The molecule has 2 nitrogen and oxygen atoms in total. The first kappa shape index (κ1) is 14.0. The number of nitrogens with one attached hydrogen (secondary N) is 1. The number of pyridine rings is 1. The Morgan fingerprint density at radius 2 is 1.86 bits per heavy atom. The molecular formula is C17H14ClFN2. The summed E-state index contributed by atoms with van der Waals surface area (Å²) in [6, 6.07) is 12.6. The summed E-state index contributed by atoms with van der Waals surface area (Å²) in [5.74, 6) is -0.409. The summed E-state index contributed by atoms with van der Waals surface area (Å²) in [4.78, 5) is 4.19. The van der Waals surface area contributed by atoms with Crippen molar-refractivity contribution in [1.82, 2.24) is 10.3 Å². The van der Waals surface area contributed by atoms with Crippen LogP contribution in [0.1, 0.15) is 17.2 Å². The van der Waals surface area contributed by atoms with Crippen LogP contribution in [0, 0.1) is 5.82 Å². The second-order valence-corrected chi connectivity index (χ2v) is 5.19. The molecule has 106 valence electrons. The Bertz CT molecular complexity index is 783. The van der Waals surface area contributed by atoms with Crippen molar-refractivity contribution in [2.75, 3.05) is 7.05 Å². The molecule has 0 saturated carbocycles. The SMILES string of the molecule is CNC(c1cccc(F)c1Cl)c1cccc2ccncc12. The van der Waals surface area contributed by atoms with Crippen molar-refractivity contribution in [2.45, 2.75) is 6.04 Å². The van der Waals surface area contributed by atoms with E-state index in [1.54, 1.807) is 12.3 Å². The van der Waals surface area contributed by atoms with Crippen LogP contribution >= 0.6 is 11.6 Å². The molecule has 0 saturated heterocycles. The Morgan fingerprint density at radius 1 is 1.10 bits per heavy atom. The lowest BCUT2D eigenvalue weighted by molar-refractivity contribution is 0.618. The maximum absolute atomic E-state index is 13.7. The van der Waals surface area contributed by atoms with E-state index in [1.807, 2.05) is 43.6 Å². The van der Waals surface area contributed by atoms with E-state index in [0.717, 1.165) is 21.9 Å². The molecular weight excluding hydrogens is 287 g/mol. The van der Waals surface area contributed by atoms with E-state index in [1.165, 1.54) is 6.07 Å². The Hall–Kier alpha value is -1.97. The summed E-state index contributed by atoms with van der Waals surface area (Å²) in [6.45, 7) is 0. The fourth-order valence-electron chi connectivity index (χ4n) is 2.61. The topological polar surface area (TPSA) is 24.9 Å². The molecule has 0 fully saturated rings. The lowest BCUT2D eigenvalue weighted by atomic mass is 9.94. The standard InChI is InChI=1S/C17H14ClFN2/c1-20-17(13-6-3-7-15(19)16(13)18)12-5-2-4-11-8-9-21-10-14(11)12/h2-10,17,20H,1H3. The first-order valence-electron chi connectivity index (χ1n) is 6.66. The summed E-state index contributed by atoms with van der Waals surface area (Å²) in [7, 11) is 1.83. The number of fused-ring (bicyclic) bond motifs is 1. The first-order chi connectivity index (χ1) is 10.2. The highest BCUT2D eigenvalue weighted by atomic mass is 35.5. The zero-order valence-corrected chi connectivity index (χ0v) is 12.2. The van der Waals surface area contributed by atoms with E-state index in [4.69, 9.17) is 11.6 Å². The first-order valence-corrected chi connectivity index (χ1v) is 7.04. The second-order valence-electron chi connectivity index (χ2n) is 4.81. The van der Waals surface area contributed by atoms with Crippen molar-refractivity contribution >= 4 is 22.4 Å². The quantitative estimate of drug-likeness (QED) is 0.778. The van der Waals surface area contributed by atoms with Crippen LogP contribution in [0.4, 0.5) is 4.39 Å². The van der Waals surface area contributed by atoms with Gasteiger partial charge in [0.15, 0.2) is 0 Å². The van der Waals surface area contributed by atoms with E-state index in [9.17, 15) is 4.39 Å². The molecule has 21 heavy (non-hydrogen) atoms. The summed E-state index contributed by atoms with van der Waals surface area (Å²) < 4.78 is 13.7. The van der Waals surface area contributed by atoms with Gasteiger partial charge in [0.05, 0.1) is 11.1 Å². The van der Waals surface area contributed by atoms with Gasteiger partial charge in [0.1, 0.15) is 5.82 Å². The third-order valence-electron chi connectivity index (χ3n) is 3.61. The molecule has 0 radical (unpaired) electrons. The fraction of sp³-hybridized carbons (Fsp3) is 0.118. The van der Waals surface area contributed by atoms with E-state index >= 15 is 0 Å². The van der Waals surface area contributed by atoms with Gasteiger partial charge in [-0.1, -0.05) is 41.9 Å². The molecule has 1 aromatic heterocycles. The highest BCUT2D eigenvalue weighted by Gasteiger charge is 2.19. The summed E-state index contributed by atoms with van der Waals surface area (Å²) in [5.41, 5.74) is 1.74. The zero-order chi connectivity index (χ0) is 14.8. The maximum Gasteiger partial charge on any atom is 0.142 e. The van der Waals surface area contributed by atoms with Crippen molar-refractivity contribution in [3.63, 3.8) is 0 Å².